The van der Waals surface area contributed by atoms with E-state index in [4.69, 9.17) is 0 Å². The third kappa shape index (κ3) is 4.23. The van der Waals surface area contributed by atoms with Gasteiger partial charge in [-0.25, -0.2) is 4.79 Å². The number of carboxylic acid groups (broad SMARTS) is 1. The van der Waals surface area contributed by atoms with Crippen LogP contribution >= 0.6 is 0 Å². The molecule has 2 aromatic rings. The number of carbonyl (C=O) groups excluding carboxylic acids is 2. The Labute approximate surface area is 181 Å². The minimum absolute atomic E-state index is 0.0251. The van der Waals surface area contributed by atoms with E-state index in [0.29, 0.717) is 5.57 Å². The number of nitrogens with one attached hydrogen (secondary N) is 1. The van der Waals surface area contributed by atoms with Crippen LogP contribution in [0.15, 0.2) is 72.2 Å². The topological polar surface area (TPSA) is 123 Å². The summed E-state index contributed by atoms with van der Waals surface area (Å²) < 4.78 is 12.8. The first-order chi connectivity index (χ1) is 15.0. The van der Waals surface area contributed by atoms with Crippen LogP contribution in [0.1, 0.15) is 11.1 Å². The lowest BCUT2D eigenvalue weighted by molar-refractivity contribution is -0.151. The van der Waals surface area contributed by atoms with Gasteiger partial charge in [-0.15, -0.1) is 0 Å². The van der Waals surface area contributed by atoms with Crippen molar-refractivity contribution in [3.05, 3.63) is 83.3 Å². The third-order valence-electron chi connectivity index (χ3n) is 5.06. The van der Waals surface area contributed by atoms with Crippen molar-refractivity contribution in [1.82, 2.24) is 15.2 Å². The predicted octanol–water partition coefficient (Wildman–Crippen LogP) is 1.09. The quantitative estimate of drug-likeness (QED) is 0.515. The number of benzene rings is 1. The first-order valence-electron chi connectivity index (χ1n) is 9.54. The zero-order valence-electron chi connectivity index (χ0n) is 16.3. The summed E-state index contributed by atoms with van der Waals surface area (Å²) in [5.41, 5.74) is 1.67. The maximum absolute atomic E-state index is 12.8. The molecule has 0 radical (unpaired) electrons. The summed E-state index contributed by atoms with van der Waals surface area (Å²) in [5, 5.41) is 11.4. The maximum atomic E-state index is 12.8. The van der Waals surface area contributed by atoms with Crippen LogP contribution in [0.2, 0.25) is 0 Å². The summed E-state index contributed by atoms with van der Waals surface area (Å²) in [7, 11) is 0. The molecule has 2 amide bonds. The van der Waals surface area contributed by atoms with Gasteiger partial charge in [-0.3, -0.25) is 19.5 Å². The van der Waals surface area contributed by atoms with Gasteiger partial charge in [0.25, 0.3) is 5.91 Å². The molecule has 8 nitrogen and oxygen atoms in total. The molecular formula is C22H19N3O5S. The molecule has 1 aromatic heterocycles. The third-order valence-corrected chi connectivity index (χ3v) is 6.68. The highest BCUT2D eigenvalue weighted by molar-refractivity contribution is 7.92. The molecule has 1 aromatic carbocycles. The van der Waals surface area contributed by atoms with Gasteiger partial charge in [0.05, 0.1) is 6.42 Å². The minimum atomic E-state index is -1.56. The predicted molar refractivity (Wildman–Crippen MR) is 114 cm³/mol. The number of fused-ring (bicyclic) bond motifs is 1. The van der Waals surface area contributed by atoms with E-state index in [0.717, 1.165) is 16.0 Å². The number of pyridine rings is 1. The van der Waals surface area contributed by atoms with Crippen molar-refractivity contribution in [1.29, 1.82) is 0 Å². The average Bonchev–Trinajstić information content (AvgIpc) is 2.76. The van der Waals surface area contributed by atoms with Crippen LogP contribution in [0.3, 0.4) is 0 Å². The number of aliphatic carboxylic acids is 1. The van der Waals surface area contributed by atoms with Crippen LogP contribution in [0.4, 0.5) is 0 Å². The molecular weight excluding hydrogens is 418 g/mol. The maximum Gasteiger partial charge on any atom is 0.353 e. The highest BCUT2D eigenvalue weighted by Gasteiger charge is 2.60. The molecule has 1 saturated heterocycles. The summed E-state index contributed by atoms with van der Waals surface area (Å²) in [4.78, 5) is 41.9. The number of allylic oxidation sites excluding steroid dienone is 1. The van der Waals surface area contributed by atoms with Crippen LogP contribution in [0, 0.1) is 0 Å². The number of hydrogen-bond donors (Lipinski definition) is 2. The second-order valence-electron chi connectivity index (χ2n) is 7.12. The molecule has 3 atom stereocenters. The Morgan fingerprint density at radius 1 is 1.19 bits per heavy atom. The van der Waals surface area contributed by atoms with E-state index in [1.54, 1.807) is 60.9 Å². The Morgan fingerprint density at radius 3 is 2.58 bits per heavy atom. The molecule has 0 spiro atoms. The van der Waals surface area contributed by atoms with Crippen LogP contribution in [0.5, 0.6) is 0 Å². The van der Waals surface area contributed by atoms with Gasteiger partial charge in [0.1, 0.15) is 11.4 Å². The Morgan fingerprint density at radius 2 is 1.90 bits per heavy atom. The average molecular weight is 437 g/mol. The van der Waals surface area contributed by atoms with Gasteiger partial charge in [0.15, 0.2) is 6.04 Å². The molecule has 9 heteroatoms. The van der Waals surface area contributed by atoms with E-state index in [-0.39, 0.29) is 23.8 Å². The van der Waals surface area contributed by atoms with E-state index in [1.807, 2.05) is 6.07 Å². The van der Waals surface area contributed by atoms with Crippen molar-refractivity contribution in [2.45, 2.75) is 17.8 Å². The molecule has 2 unspecified atom stereocenters. The molecule has 0 saturated carbocycles. The fraction of sp³-hybridized carbons (Fsp3) is 0.182. The number of hydrogen-bond acceptors (Lipinski definition) is 5. The van der Waals surface area contributed by atoms with Crippen LogP contribution in [0.25, 0.3) is 6.08 Å². The molecule has 2 N–H and O–H groups in total. The second-order valence-corrected chi connectivity index (χ2v) is 8.66. The molecule has 0 bridgehead atoms. The number of rotatable bonds is 6. The molecule has 158 valence electrons. The molecule has 2 aliphatic heterocycles. The first-order valence-corrected chi connectivity index (χ1v) is 10.9. The van der Waals surface area contributed by atoms with Crippen LogP contribution in [-0.4, -0.2) is 54.5 Å². The van der Waals surface area contributed by atoms with Crippen molar-refractivity contribution < 1.29 is 24.0 Å². The lowest BCUT2D eigenvalue weighted by atomic mass is 10.0. The highest BCUT2D eigenvalue weighted by atomic mass is 32.2. The molecule has 0 aliphatic carbocycles. The van der Waals surface area contributed by atoms with Crippen molar-refractivity contribution in [2.75, 3.05) is 5.75 Å². The summed E-state index contributed by atoms with van der Waals surface area (Å²) >= 11 is -1.56. The van der Waals surface area contributed by atoms with E-state index in [2.05, 4.69) is 10.3 Å². The van der Waals surface area contributed by atoms with Gasteiger partial charge in [-0.1, -0.05) is 42.5 Å². The Balaban J connectivity index is 1.53. The summed E-state index contributed by atoms with van der Waals surface area (Å²) in [6.45, 7) is 0. The van der Waals surface area contributed by atoms with Gasteiger partial charge in [0, 0.05) is 18.0 Å². The van der Waals surface area contributed by atoms with Crippen molar-refractivity contribution in [3.63, 3.8) is 0 Å². The number of carboxylic acids is 1. The van der Waals surface area contributed by atoms with E-state index in [1.165, 1.54) is 0 Å². The molecule has 31 heavy (non-hydrogen) atoms. The Kier molecular flexibility index (Phi) is 5.88. The zero-order valence-corrected chi connectivity index (χ0v) is 17.1. The Hall–Kier alpha value is -3.43. The number of amides is 2. The van der Waals surface area contributed by atoms with Gasteiger partial charge in [-0.2, -0.15) is 0 Å². The summed E-state index contributed by atoms with van der Waals surface area (Å²) in [5.74, 6) is -2.27. The summed E-state index contributed by atoms with van der Waals surface area (Å²) in [6.07, 6.45) is 6.51. The smallest absolute Gasteiger partial charge is 0.353 e. The van der Waals surface area contributed by atoms with Crippen LogP contribution in [-0.2, 0) is 32.0 Å². The number of aromatic nitrogens is 1. The van der Waals surface area contributed by atoms with Gasteiger partial charge >= 0.3 is 5.97 Å². The Bertz CT molecular complexity index is 1070. The van der Waals surface area contributed by atoms with Crippen molar-refractivity contribution in [2.24, 2.45) is 0 Å². The first kappa shape index (κ1) is 20.8. The summed E-state index contributed by atoms with van der Waals surface area (Å²) in [6, 6.07) is 11.5. The second kappa shape index (κ2) is 8.75. The number of β-lactam (4-membered cyclic amide) rings is 1. The fourth-order valence-corrected chi connectivity index (χ4v) is 5.25. The highest BCUT2D eigenvalue weighted by Crippen LogP contribution is 2.37. The fourth-order valence-electron chi connectivity index (χ4n) is 3.61. The van der Waals surface area contributed by atoms with Gasteiger partial charge < -0.3 is 15.0 Å². The molecule has 2 aliphatic rings. The largest absolute Gasteiger partial charge is 0.614 e. The van der Waals surface area contributed by atoms with Gasteiger partial charge in [-0.05, 0) is 34.4 Å². The molecule has 3 heterocycles. The lowest BCUT2D eigenvalue weighted by Gasteiger charge is -2.48. The lowest BCUT2D eigenvalue weighted by Crippen LogP contribution is -2.74. The van der Waals surface area contributed by atoms with E-state index >= 15 is 0 Å². The molecule has 4 rings (SSSR count). The normalized spacial score (nSPS) is 22.8. The van der Waals surface area contributed by atoms with Gasteiger partial charge in [0.2, 0.25) is 11.3 Å². The van der Waals surface area contributed by atoms with Crippen molar-refractivity contribution >= 4 is 35.0 Å². The minimum Gasteiger partial charge on any atom is -0.614 e. The monoisotopic (exact) mass is 437 g/mol. The van der Waals surface area contributed by atoms with E-state index in [9.17, 15) is 24.0 Å². The van der Waals surface area contributed by atoms with Crippen LogP contribution < -0.4 is 5.32 Å². The molecule has 1 fully saturated rings. The number of nitrogens with zero attached hydrogens (tertiary/aromatic N) is 2. The zero-order chi connectivity index (χ0) is 22.0. The SMILES string of the molecule is O=C(Cc1ccccc1)NC1C(=O)N2C(C(=O)O)=C(C=Cc3ccncc3)C[S+]([O-])[C@@H]12. The van der Waals surface area contributed by atoms with E-state index < -0.39 is 34.5 Å². The van der Waals surface area contributed by atoms with Crippen molar-refractivity contribution in [3.8, 4) is 0 Å². The standard InChI is InChI=1S/C22H19N3O5S/c26-17(12-15-4-2-1-3-5-15)24-18-20(27)25-19(22(28)29)16(13-31(30)21(18)25)7-6-14-8-10-23-11-9-14/h1-11,18,21H,12-13H2,(H,24,26)(H,28,29)/t18?,21-,31?/m0/s1. The number of carbonyl (C=O) groups is 3.